The van der Waals surface area contributed by atoms with E-state index in [-0.39, 0.29) is 0 Å². The third-order valence-electron chi connectivity index (χ3n) is 2.76. The molecule has 0 bridgehead atoms. The van der Waals surface area contributed by atoms with Crippen molar-refractivity contribution in [2.45, 2.75) is 19.2 Å². The maximum absolute atomic E-state index is 5.97. The molecule has 0 saturated heterocycles. The molecule has 0 atom stereocenters. The maximum atomic E-state index is 5.97. The van der Waals surface area contributed by atoms with Gasteiger partial charge in [-0.25, -0.2) is 0 Å². The smallest absolute Gasteiger partial charge is 0.131 e. The van der Waals surface area contributed by atoms with Gasteiger partial charge < -0.3 is 4.74 Å². The predicted molar refractivity (Wildman–Crippen MR) is 82.8 cm³/mol. The summed E-state index contributed by atoms with van der Waals surface area (Å²) < 4.78 is 7.00. The lowest BCUT2D eigenvalue weighted by atomic mass is 10.1. The van der Waals surface area contributed by atoms with Gasteiger partial charge in [-0.2, -0.15) is 0 Å². The minimum absolute atomic E-state index is 0.865. The summed E-state index contributed by atoms with van der Waals surface area (Å²) in [5.41, 5.74) is 3.53. The van der Waals surface area contributed by atoms with Crippen molar-refractivity contribution in [2.24, 2.45) is 0 Å². The summed E-state index contributed by atoms with van der Waals surface area (Å²) in [6.45, 7) is 4.11. The molecular weight excluding hydrogens is 356 g/mol. The van der Waals surface area contributed by atoms with E-state index >= 15 is 0 Å². The number of ether oxygens (including phenoxy) is 1. The molecule has 0 saturated carbocycles. The maximum Gasteiger partial charge on any atom is 0.131 e. The Morgan fingerprint density at radius 2 is 1.72 bits per heavy atom. The first-order chi connectivity index (χ1) is 8.60. The van der Waals surface area contributed by atoms with Crippen molar-refractivity contribution in [3.05, 3.63) is 57.6 Å². The van der Waals surface area contributed by atoms with Crippen LogP contribution in [0.5, 0.6) is 11.5 Å². The van der Waals surface area contributed by atoms with E-state index in [1.807, 2.05) is 31.2 Å². The Labute approximate surface area is 124 Å². The molecule has 1 nitrogen and oxygen atoms in total. The van der Waals surface area contributed by atoms with Crippen LogP contribution in [0.1, 0.15) is 16.7 Å². The number of halogens is 2. The molecule has 18 heavy (non-hydrogen) atoms. The fourth-order valence-corrected chi connectivity index (χ4v) is 2.40. The van der Waals surface area contributed by atoms with Crippen molar-refractivity contribution in [1.82, 2.24) is 0 Å². The molecule has 0 aliphatic carbocycles. The second kappa shape index (κ2) is 5.89. The third kappa shape index (κ3) is 3.15. The summed E-state index contributed by atoms with van der Waals surface area (Å²) in [6, 6.07) is 12.3. The van der Waals surface area contributed by atoms with Crippen molar-refractivity contribution in [3.8, 4) is 11.5 Å². The topological polar surface area (TPSA) is 9.23 Å². The average Bonchev–Trinajstić information content (AvgIpc) is 2.36. The SMILES string of the molecule is Cc1cc(CBr)ccc1Oc1cc(Br)ccc1C. The molecule has 3 heteroatoms. The highest BCUT2D eigenvalue weighted by Gasteiger charge is 2.05. The second-order valence-electron chi connectivity index (χ2n) is 4.25. The minimum Gasteiger partial charge on any atom is -0.457 e. The highest BCUT2D eigenvalue weighted by atomic mass is 79.9. The lowest BCUT2D eigenvalue weighted by molar-refractivity contribution is 0.474. The van der Waals surface area contributed by atoms with E-state index in [0.29, 0.717) is 0 Å². The van der Waals surface area contributed by atoms with Gasteiger partial charge in [0.15, 0.2) is 0 Å². The van der Waals surface area contributed by atoms with Crippen LogP contribution >= 0.6 is 31.9 Å². The number of benzene rings is 2. The zero-order valence-electron chi connectivity index (χ0n) is 10.3. The first-order valence-electron chi connectivity index (χ1n) is 5.69. The third-order valence-corrected chi connectivity index (χ3v) is 3.90. The zero-order valence-corrected chi connectivity index (χ0v) is 13.5. The zero-order chi connectivity index (χ0) is 13.1. The van der Waals surface area contributed by atoms with E-state index in [4.69, 9.17) is 4.74 Å². The van der Waals surface area contributed by atoms with Crippen LogP contribution in [0.2, 0.25) is 0 Å². The molecule has 2 rings (SSSR count). The van der Waals surface area contributed by atoms with E-state index in [1.54, 1.807) is 0 Å². The van der Waals surface area contributed by atoms with E-state index in [0.717, 1.165) is 32.4 Å². The van der Waals surface area contributed by atoms with Crippen LogP contribution in [-0.2, 0) is 5.33 Å². The highest BCUT2D eigenvalue weighted by Crippen LogP contribution is 2.30. The molecule has 0 amide bonds. The molecule has 94 valence electrons. The second-order valence-corrected chi connectivity index (χ2v) is 5.72. The number of aryl methyl sites for hydroxylation is 2. The standard InChI is InChI=1S/C15H14Br2O/c1-10-3-5-13(17)8-15(10)18-14-6-4-12(9-16)7-11(14)2/h3-8H,9H2,1-2H3. The fraction of sp³-hybridized carbons (Fsp3) is 0.200. The van der Waals surface area contributed by atoms with E-state index in [1.165, 1.54) is 5.56 Å². The highest BCUT2D eigenvalue weighted by molar-refractivity contribution is 9.10. The largest absolute Gasteiger partial charge is 0.457 e. The van der Waals surface area contributed by atoms with Crippen LogP contribution in [0.25, 0.3) is 0 Å². The Balaban J connectivity index is 2.31. The van der Waals surface area contributed by atoms with E-state index < -0.39 is 0 Å². The Kier molecular flexibility index (Phi) is 4.46. The number of alkyl halides is 1. The molecule has 2 aromatic carbocycles. The van der Waals surface area contributed by atoms with Crippen LogP contribution in [-0.4, -0.2) is 0 Å². The Morgan fingerprint density at radius 3 is 2.39 bits per heavy atom. The molecule has 0 N–H and O–H groups in total. The average molecular weight is 370 g/mol. The van der Waals surface area contributed by atoms with Crippen molar-refractivity contribution in [2.75, 3.05) is 0 Å². The molecular formula is C15H14Br2O. The Bertz CT molecular complexity index is 564. The van der Waals surface area contributed by atoms with Crippen LogP contribution in [0.15, 0.2) is 40.9 Å². The molecule has 0 unspecified atom stereocenters. The molecule has 0 radical (unpaired) electrons. The molecule has 0 aromatic heterocycles. The number of rotatable bonds is 3. The van der Waals surface area contributed by atoms with Crippen molar-refractivity contribution in [3.63, 3.8) is 0 Å². The molecule has 0 spiro atoms. The van der Waals surface area contributed by atoms with Crippen molar-refractivity contribution >= 4 is 31.9 Å². The first-order valence-corrected chi connectivity index (χ1v) is 7.61. The molecule has 0 aliphatic rings. The quantitative estimate of drug-likeness (QED) is 0.625. The summed E-state index contributed by atoms with van der Waals surface area (Å²) in [4.78, 5) is 0. The van der Waals surface area contributed by atoms with Gasteiger partial charge in [0.25, 0.3) is 0 Å². The van der Waals surface area contributed by atoms with Gasteiger partial charge >= 0.3 is 0 Å². The summed E-state index contributed by atoms with van der Waals surface area (Å²) in [5, 5.41) is 0.865. The molecule has 2 aromatic rings. The van der Waals surface area contributed by atoms with Gasteiger partial charge in [-0.3, -0.25) is 0 Å². The Morgan fingerprint density at radius 1 is 0.944 bits per heavy atom. The summed E-state index contributed by atoms with van der Waals surface area (Å²) in [5.74, 6) is 1.79. The molecule has 0 fully saturated rings. The van der Waals surface area contributed by atoms with Gasteiger partial charge in [0, 0.05) is 9.80 Å². The normalized spacial score (nSPS) is 10.4. The summed E-state index contributed by atoms with van der Waals surface area (Å²) in [7, 11) is 0. The summed E-state index contributed by atoms with van der Waals surface area (Å²) in [6.07, 6.45) is 0. The van der Waals surface area contributed by atoms with Crippen molar-refractivity contribution in [1.29, 1.82) is 0 Å². The van der Waals surface area contributed by atoms with Crippen LogP contribution < -0.4 is 4.74 Å². The lowest BCUT2D eigenvalue weighted by Gasteiger charge is -2.12. The van der Waals surface area contributed by atoms with Crippen molar-refractivity contribution < 1.29 is 4.74 Å². The van der Waals surface area contributed by atoms with Gasteiger partial charge in [-0.15, -0.1) is 0 Å². The number of hydrogen-bond acceptors (Lipinski definition) is 1. The van der Waals surface area contributed by atoms with Crippen LogP contribution in [0.4, 0.5) is 0 Å². The molecule has 0 aliphatic heterocycles. The van der Waals surface area contributed by atoms with Gasteiger partial charge in [-0.05, 0) is 48.7 Å². The minimum atomic E-state index is 0.865. The van der Waals surface area contributed by atoms with E-state index in [9.17, 15) is 0 Å². The first kappa shape index (κ1) is 13.6. The van der Waals surface area contributed by atoms with Gasteiger partial charge in [0.1, 0.15) is 11.5 Å². The lowest BCUT2D eigenvalue weighted by Crippen LogP contribution is -1.91. The summed E-state index contributed by atoms with van der Waals surface area (Å²) >= 11 is 6.92. The van der Waals surface area contributed by atoms with E-state index in [2.05, 4.69) is 50.9 Å². The fourth-order valence-electron chi connectivity index (χ4n) is 1.71. The van der Waals surface area contributed by atoms with Gasteiger partial charge in [0.05, 0.1) is 0 Å². The van der Waals surface area contributed by atoms with Gasteiger partial charge in [-0.1, -0.05) is 50.1 Å². The predicted octanol–water partition coefficient (Wildman–Crippen LogP) is 5.75. The van der Waals surface area contributed by atoms with Crippen LogP contribution in [0, 0.1) is 13.8 Å². The number of hydrogen-bond donors (Lipinski definition) is 0. The molecule has 0 heterocycles. The van der Waals surface area contributed by atoms with Crippen LogP contribution in [0.3, 0.4) is 0 Å². The van der Waals surface area contributed by atoms with Gasteiger partial charge in [0.2, 0.25) is 0 Å². The monoisotopic (exact) mass is 368 g/mol. The Hall–Kier alpha value is -0.800.